The number of fused-ring (bicyclic) bond motifs is 1. The zero-order valence-corrected chi connectivity index (χ0v) is 12.8. The lowest BCUT2D eigenvalue weighted by atomic mass is 9.93. The summed E-state index contributed by atoms with van der Waals surface area (Å²) >= 11 is 0. The number of hydrogen-bond acceptors (Lipinski definition) is 2. The Morgan fingerprint density at radius 2 is 2.25 bits per heavy atom. The second kappa shape index (κ2) is 5.57. The Hall–Kier alpha value is -1.35. The smallest absolute Gasteiger partial charge is 0.113 e. The van der Waals surface area contributed by atoms with Crippen LogP contribution in [0.15, 0.2) is 24.5 Å². The van der Waals surface area contributed by atoms with Crippen molar-refractivity contribution in [1.82, 2.24) is 14.3 Å². The van der Waals surface area contributed by atoms with Crippen molar-refractivity contribution in [3.8, 4) is 0 Å². The Labute approximate surface area is 121 Å². The first kappa shape index (κ1) is 13.6. The van der Waals surface area contributed by atoms with Crippen LogP contribution < -0.4 is 0 Å². The molecule has 0 aliphatic carbocycles. The first-order valence-electron chi connectivity index (χ1n) is 7.80. The minimum absolute atomic E-state index is 0.664. The van der Waals surface area contributed by atoms with E-state index in [0.29, 0.717) is 6.04 Å². The van der Waals surface area contributed by atoms with Gasteiger partial charge in [0.15, 0.2) is 0 Å². The van der Waals surface area contributed by atoms with Crippen molar-refractivity contribution in [2.45, 2.75) is 46.1 Å². The summed E-state index contributed by atoms with van der Waals surface area (Å²) in [6.07, 6.45) is 7.93. The summed E-state index contributed by atoms with van der Waals surface area (Å²) in [5, 5.41) is 0. The number of likely N-dealkylation sites (tertiary alicyclic amines) is 1. The third-order valence-electron chi connectivity index (χ3n) is 4.52. The van der Waals surface area contributed by atoms with Crippen LogP contribution >= 0.6 is 0 Å². The number of hydrogen-bond donors (Lipinski definition) is 0. The quantitative estimate of drug-likeness (QED) is 0.854. The molecule has 2 aromatic rings. The molecule has 3 heterocycles. The van der Waals surface area contributed by atoms with E-state index in [1.54, 1.807) is 0 Å². The Kier molecular flexibility index (Phi) is 3.79. The van der Waals surface area contributed by atoms with Gasteiger partial charge in [0.25, 0.3) is 0 Å². The van der Waals surface area contributed by atoms with E-state index >= 15 is 0 Å². The average molecular weight is 271 g/mol. The first-order chi connectivity index (χ1) is 9.63. The maximum atomic E-state index is 4.64. The number of nitrogens with zero attached hydrogens (tertiary/aromatic N) is 3. The molecular weight excluding hydrogens is 246 g/mol. The van der Waals surface area contributed by atoms with Crippen molar-refractivity contribution < 1.29 is 0 Å². The molecule has 3 heteroatoms. The molecule has 108 valence electrons. The molecule has 3 rings (SSSR count). The van der Waals surface area contributed by atoms with Crippen LogP contribution in [0.1, 0.15) is 38.1 Å². The highest BCUT2D eigenvalue weighted by Gasteiger charge is 2.23. The number of piperidine rings is 1. The van der Waals surface area contributed by atoms with E-state index in [4.69, 9.17) is 0 Å². The van der Waals surface area contributed by atoms with Crippen LogP contribution in [0, 0.1) is 12.8 Å². The molecule has 1 unspecified atom stereocenters. The molecule has 1 fully saturated rings. The molecule has 3 nitrogen and oxygen atoms in total. The Bertz CT molecular complexity index is 585. The SMILES string of the molecule is Cc1ccn2c(CC3CCCN(C(C)C)C3)ncc2c1. The molecule has 0 radical (unpaired) electrons. The minimum atomic E-state index is 0.664. The summed E-state index contributed by atoms with van der Waals surface area (Å²) < 4.78 is 2.25. The van der Waals surface area contributed by atoms with E-state index in [9.17, 15) is 0 Å². The third-order valence-corrected chi connectivity index (χ3v) is 4.52. The van der Waals surface area contributed by atoms with Crippen LogP contribution in [0.2, 0.25) is 0 Å². The fraction of sp³-hybridized carbons (Fsp3) is 0.588. The van der Waals surface area contributed by atoms with Crippen molar-refractivity contribution in [2.75, 3.05) is 13.1 Å². The largest absolute Gasteiger partial charge is 0.304 e. The molecule has 0 spiro atoms. The summed E-state index contributed by atoms with van der Waals surface area (Å²) in [6, 6.07) is 5.04. The van der Waals surface area contributed by atoms with E-state index < -0.39 is 0 Å². The fourth-order valence-electron chi connectivity index (χ4n) is 3.31. The van der Waals surface area contributed by atoms with E-state index in [0.717, 1.165) is 12.3 Å². The van der Waals surface area contributed by atoms with Crippen LogP contribution in [-0.2, 0) is 6.42 Å². The second-order valence-electron chi connectivity index (χ2n) is 6.47. The molecular formula is C17H25N3. The fourth-order valence-corrected chi connectivity index (χ4v) is 3.31. The van der Waals surface area contributed by atoms with Gasteiger partial charge in [0.2, 0.25) is 0 Å². The number of imidazole rings is 1. The molecule has 1 aliphatic heterocycles. The lowest BCUT2D eigenvalue weighted by Gasteiger charge is -2.35. The van der Waals surface area contributed by atoms with Gasteiger partial charge < -0.3 is 9.30 Å². The van der Waals surface area contributed by atoms with Crippen LogP contribution in [-0.4, -0.2) is 33.4 Å². The van der Waals surface area contributed by atoms with Crippen molar-refractivity contribution >= 4 is 5.52 Å². The Morgan fingerprint density at radius 1 is 1.40 bits per heavy atom. The maximum absolute atomic E-state index is 4.64. The summed E-state index contributed by atoms with van der Waals surface area (Å²) in [6.45, 7) is 9.22. The van der Waals surface area contributed by atoms with Crippen molar-refractivity contribution in [3.05, 3.63) is 35.9 Å². The summed E-state index contributed by atoms with van der Waals surface area (Å²) in [4.78, 5) is 7.25. The lowest BCUT2D eigenvalue weighted by Crippen LogP contribution is -2.40. The lowest BCUT2D eigenvalue weighted by molar-refractivity contribution is 0.138. The van der Waals surface area contributed by atoms with Gasteiger partial charge in [0.1, 0.15) is 5.82 Å². The van der Waals surface area contributed by atoms with Gasteiger partial charge in [0.05, 0.1) is 11.7 Å². The molecule has 0 bridgehead atoms. The van der Waals surface area contributed by atoms with Crippen LogP contribution in [0.5, 0.6) is 0 Å². The van der Waals surface area contributed by atoms with E-state index in [-0.39, 0.29) is 0 Å². The van der Waals surface area contributed by atoms with Gasteiger partial charge in [-0.2, -0.15) is 0 Å². The predicted octanol–water partition coefficient (Wildman–Crippen LogP) is 3.31. The zero-order valence-electron chi connectivity index (χ0n) is 12.8. The number of pyridine rings is 1. The molecule has 1 saturated heterocycles. The molecule has 0 amide bonds. The second-order valence-corrected chi connectivity index (χ2v) is 6.47. The predicted molar refractivity (Wildman–Crippen MR) is 83.1 cm³/mol. The normalized spacial score (nSPS) is 20.9. The number of aryl methyl sites for hydroxylation is 1. The van der Waals surface area contributed by atoms with Crippen LogP contribution in [0.25, 0.3) is 5.52 Å². The molecule has 2 aromatic heterocycles. The van der Waals surface area contributed by atoms with Crippen LogP contribution in [0.3, 0.4) is 0 Å². The van der Waals surface area contributed by atoms with Crippen LogP contribution in [0.4, 0.5) is 0 Å². The van der Waals surface area contributed by atoms with Crippen molar-refractivity contribution in [3.63, 3.8) is 0 Å². The van der Waals surface area contributed by atoms with E-state index in [1.165, 1.54) is 42.8 Å². The topological polar surface area (TPSA) is 20.5 Å². The monoisotopic (exact) mass is 271 g/mol. The van der Waals surface area contributed by atoms with Gasteiger partial charge in [-0.25, -0.2) is 4.98 Å². The number of aromatic nitrogens is 2. The summed E-state index contributed by atoms with van der Waals surface area (Å²) in [5.41, 5.74) is 2.52. The summed E-state index contributed by atoms with van der Waals surface area (Å²) in [5.74, 6) is 1.97. The van der Waals surface area contributed by atoms with Gasteiger partial charge >= 0.3 is 0 Å². The molecule has 20 heavy (non-hydrogen) atoms. The van der Waals surface area contributed by atoms with Crippen molar-refractivity contribution in [2.24, 2.45) is 5.92 Å². The van der Waals surface area contributed by atoms with E-state index in [2.05, 4.69) is 53.4 Å². The average Bonchev–Trinajstić information content (AvgIpc) is 2.81. The number of rotatable bonds is 3. The molecule has 1 atom stereocenters. The summed E-state index contributed by atoms with van der Waals surface area (Å²) in [7, 11) is 0. The zero-order chi connectivity index (χ0) is 14.1. The maximum Gasteiger partial charge on any atom is 0.113 e. The van der Waals surface area contributed by atoms with Gasteiger partial charge in [-0.1, -0.05) is 0 Å². The van der Waals surface area contributed by atoms with Gasteiger partial charge in [-0.3, -0.25) is 0 Å². The highest BCUT2D eigenvalue weighted by atomic mass is 15.2. The molecule has 0 N–H and O–H groups in total. The van der Waals surface area contributed by atoms with E-state index in [1.807, 2.05) is 6.20 Å². The third kappa shape index (κ3) is 2.73. The van der Waals surface area contributed by atoms with Gasteiger partial charge in [-0.05, 0) is 63.8 Å². The Morgan fingerprint density at radius 3 is 3.05 bits per heavy atom. The molecule has 0 saturated carbocycles. The Balaban J connectivity index is 1.76. The highest BCUT2D eigenvalue weighted by molar-refractivity contribution is 5.48. The first-order valence-corrected chi connectivity index (χ1v) is 7.80. The van der Waals surface area contributed by atoms with Crippen molar-refractivity contribution in [1.29, 1.82) is 0 Å². The standard InChI is InChI=1S/C17H25N3/c1-13(2)19-7-4-5-15(12-19)10-17-18-11-16-9-14(3)6-8-20(16)17/h6,8-9,11,13,15H,4-5,7,10,12H2,1-3H3. The molecule has 0 aromatic carbocycles. The van der Waals surface area contributed by atoms with Gasteiger partial charge in [-0.15, -0.1) is 0 Å². The minimum Gasteiger partial charge on any atom is -0.304 e. The highest BCUT2D eigenvalue weighted by Crippen LogP contribution is 2.22. The van der Waals surface area contributed by atoms with Gasteiger partial charge in [0, 0.05) is 25.2 Å². The molecule has 1 aliphatic rings.